The quantitative estimate of drug-likeness (QED) is 0.660. The van der Waals surface area contributed by atoms with E-state index in [9.17, 15) is 9.90 Å². The zero-order chi connectivity index (χ0) is 18.1. The molecule has 2 aromatic heterocycles. The number of aromatic nitrogens is 2. The van der Waals surface area contributed by atoms with E-state index >= 15 is 0 Å². The standard InChI is InChI=1S/C21H21N3O2/c1-12-16-10-22-11-17(21(25)26)15(16)9-19-20-14(7-8-24(12,19)2)13-5-3-4-6-18(13)23-20/h3-6,10-12,19,23H,7-9H2,1-2H3/p+1. The summed E-state index contributed by atoms with van der Waals surface area (Å²) in [5, 5.41) is 10.9. The van der Waals surface area contributed by atoms with Crippen LogP contribution in [0.5, 0.6) is 0 Å². The zero-order valence-corrected chi connectivity index (χ0v) is 15.0. The van der Waals surface area contributed by atoms with Crippen molar-refractivity contribution < 1.29 is 14.4 Å². The monoisotopic (exact) mass is 348 g/mol. The van der Waals surface area contributed by atoms with Crippen LogP contribution in [0.2, 0.25) is 0 Å². The van der Waals surface area contributed by atoms with E-state index in [2.05, 4.69) is 48.2 Å². The molecule has 5 nitrogen and oxygen atoms in total. The molecule has 2 aliphatic rings. The molecule has 0 aliphatic carbocycles. The molecule has 5 heteroatoms. The van der Waals surface area contributed by atoms with Gasteiger partial charge in [0.05, 0.1) is 24.8 Å². The minimum absolute atomic E-state index is 0.218. The average Bonchev–Trinajstić information content (AvgIpc) is 3.01. The summed E-state index contributed by atoms with van der Waals surface area (Å²) in [7, 11) is 2.31. The lowest BCUT2D eigenvalue weighted by molar-refractivity contribution is -0.970. The molecule has 2 N–H and O–H groups in total. The van der Waals surface area contributed by atoms with Gasteiger partial charge in [-0.25, -0.2) is 4.79 Å². The second-order valence-electron chi connectivity index (χ2n) is 7.84. The third kappa shape index (κ3) is 1.89. The summed E-state index contributed by atoms with van der Waals surface area (Å²) in [6.45, 7) is 3.27. The van der Waals surface area contributed by atoms with Crippen LogP contribution in [0, 0.1) is 0 Å². The summed E-state index contributed by atoms with van der Waals surface area (Å²) in [6.07, 6.45) is 5.14. The summed E-state index contributed by atoms with van der Waals surface area (Å²) < 4.78 is 0.900. The van der Waals surface area contributed by atoms with Crippen LogP contribution in [0.1, 0.15) is 51.7 Å². The van der Waals surface area contributed by atoms with Gasteiger partial charge in [-0.3, -0.25) is 4.98 Å². The van der Waals surface area contributed by atoms with Crippen LogP contribution in [-0.4, -0.2) is 39.1 Å². The Morgan fingerprint density at radius 3 is 2.88 bits per heavy atom. The lowest BCUT2D eigenvalue weighted by Crippen LogP contribution is -2.55. The van der Waals surface area contributed by atoms with Gasteiger partial charge in [-0.1, -0.05) is 18.2 Å². The second kappa shape index (κ2) is 5.17. The highest BCUT2D eigenvalue weighted by Crippen LogP contribution is 2.49. The number of hydrogen-bond acceptors (Lipinski definition) is 2. The predicted octanol–water partition coefficient (Wildman–Crippen LogP) is 3.62. The molecule has 0 fully saturated rings. The number of para-hydroxylation sites is 1. The fraction of sp³-hybridized carbons (Fsp3) is 0.333. The zero-order valence-electron chi connectivity index (χ0n) is 15.0. The number of aromatic amines is 1. The van der Waals surface area contributed by atoms with Crippen molar-refractivity contribution in [2.75, 3.05) is 13.6 Å². The first-order chi connectivity index (χ1) is 12.5. The molecule has 132 valence electrons. The number of pyridine rings is 1. The number of carbonyl (C=O) groups is 1. The van der Waals surface area contributed by atoms with Crippen molar-refractivity contribution in [2.45, 2.75) is 31.8 Å². The van der Waals surface area contributed by atoms with E-state index in [1.165, 1.54) is 28.4 Å². The van der Waals surface area contributed by atoms with Crippen LogP contribution < -0.4 is 0 Å². The number of likely N-dealkylation sites (N-methyl/N-ethyl adjacent to an activating group) is 1. The van der Waals surface area contributed by atoms with Crippen LogP contribution in [-0.2, 0) is 12.8 Å². The van der Waals surface area contributed by atoms with Crippen molar-refractivity contribution in [3.8, 4) is 0 Å². The van der Waals surface area contributed by atoms with Gasteiger partial charge in [-0.15, -0.1) is 0 Å². The van der Waals surface area contributed by atoms with Crippen molar-refractivity contribution in [2.24, 2.45) is 0 Å². The lowest BCUT2D eigenvalue weighted by Gasteiger charge is -2.52. The smallest absolute Gasteiger partial charge is 0.337 e. The van der Waals surface area contributed by atoms with Crippen molar-refractivity contribution in [3.05, 3.63) is 64.6 Å². The lowest BCUT2D eigenvalue weighted by atomic mass is 9.80. The molecular formula is C21H22N3O2+. The van der Waals surface area contributed by atoms with Gasteiger partial charge in [-0.2, -0.15) is 0 Å². The third-order valence-corrected chi connectivity index (χ3v) is 6.79. The maximum absolute atomic E-state index is 11.8. The number of fused-ring (bicyclic) bond motifs is 6. The fourth-order valence-corrected chi connectivity index (χ4v) is 5.14. The summed E-state index contributed by atoms with van der Waals surface area (Å²) in [4.78, 5) is 19.6. The van der Waals surface area contributed by atoms with Gasteiger partial charge in [-0.05, 0) is 24.1 Å². The molecule has 0 bridgehead atoms. The van der Waals surface area contributed by atoms with Crippen LogP contribution in [0.25, 0.3) is 10.9 Å². The SMILES string of the molecule is CC1c2cncc(C(=O)O)c2CC2c3[nH]c4ccccc4c3CC[N+]12C. The van der Waals surface area contributed by atoms with Crippen molar-refractivity contribution in [3.63, 3.8) is 0 Å². The first-order valence-corrected chi connectivity index (χ1v) is 9.15. The number of H-pyrrole nitrogens is 1. The fourth-order valence-electron chi connectivity index (χ4n) is 5.14. The molecule has 0 saturated heterocycles. The van der Waals surface area contributed by atoms with Crippen LogP contribution in [0.4, 0.5) is 0 Å². The minimum atomic E-state index is -0.884. The van der Waals surface area contributed by atoms with E-state index in [4.69, 9.17) is 0 Å². The predicted molar refractivity (Wildman–Crippen MR) is 99.1 cm³/mol. The van der Waals surface area contributed by atoms with E-state index in [0.717, 1.165) is 35.0 Å². The van der Waals surface area contributed by atoms with E-state index < -0.39 is 5.97 Å². The topological polar surface area (TPSA) is 66.0 Å². The van der Waals surface area contributed by atoms with Gasteiger partial charge in [0.25, 0.3) is 0 Å². The molecule has 1 aromatic carbocycles. The minimum Gasteiger partial charge on any atom is -0.478 e. The Kier molecular flexibility index (Phi) is 3.10. The number of nitrogens with one attached hydrogen (secondary N) is 1. The van der Waals surface area contributed by atoms with Crippen LogP contribution >= 0.6 is 0 Å². The Hall–Kier alpha value is -2.66. The van der Waals surface area contributed by atoms with E-state index in [1.54, 1.807) is 0 Å². The molecule has 26 heavy (non-hydrogen) atoms. The third-order valence-electron chi connectivity index (χ3n) is 6.79. The first-order valence-electron chi connectivity index (χ1n) is 9.15. The number of benzene rings is 1. The Labute approximate surface area is 151 Å². The Morgan fingerprint density at radius 2 is 2.08 bits per heavy atom. The average molecular weight is 348 g/mol. The van der Waals surface area contributed by atoms with Crippen LogP contribution in [0.3, 0.4) is 0 Å². The molecule has 4 heterocycles. The highest BCUT2D eigenvalue weighted by atomic mass is 16.4. The number of carboxylic acid groups (broad SMARTS) is 1. The summed E-state index contributed by atoms with van der Waals surface area (Å²) in [5.74, 6) is -0.884. The molecular weight excluding hydrogens is 326 g/mol. The number of aromatic carboxylic acids is 1. The van der Waals surface area contributed by atoms with Gasteiger partial charge in [0.2, 0.25) is 0 Å². The second-order valence-corrected chi connectivity index (χ2v) is 7.84. The molecule has 0 radical (unpaired) electrons. The molecule has 3 aromatic rings. The molecule has 5 rings (SSSR count). The van der Waals surface area contributed by atoms with E-state index in [1.807, 2.05) is 6.20 Å². The molecule has 2 aliphatic heterocycles. The summed E-state index contributed by atoms with van der Waals surface area (Å²) in [6, 6.07) is 8.93. The normalized spacial score (nSPS) is 26.8. The number of rotatable bonds is 1. The van der Waals surface area contributed by atoms with Crippen LogP contribution in [0.15, 0.2) is 36.7 Å². The molecule has 0 saturated carbocycles. The number of nitrogens with zero attached hydrogens (tertiary/aromatic N) is 2. The summed E-state index contributed by atoms with van der Waals surface area (Å²) >= 11 is 0. The molecule has 0 spiro atoms. The van der Waals surface area contributed by atoms with Gasteiger partial charge >= 0.3 is 5.97 Å². The summed E-state index contributed by atoms with van der Waals surface area (Å²) in [5.41, 5.74) is 6.25. The number of hydrogen-bond donors (Lipinski definition) is 2. The Bertz CT molecular complexity index is 1050. The van der Waals surface area contributed by atoms with Crippen molar-refractivity contribution in [1.82, 2.24) is 9.97 Å². The Morgan fingerprint density at radius 1 is 1.27 bits per heavy atom. The van der Waals surface area contributed by atoms with Gasteiger partial charge in [0.15, 0.2) is 0 Å². The van der Waals surface area contributed by atoms with Crippen molar-refractivity contribution >= 4 is 16.9 Å². The van der Waals surface area contributed by atoms with E-state index in [0.29, 0.717) is 5.56 Å². The molecule has 3 unspecified atom stereocenters. The molecule has 3 atom stereocenters. The molecule has 0 amide bonds. The number of carboxylic acids is 1. The first kappa shape index (κ1) is 15.6. The van der Waals surface area contributed by atoms with Gasteiger partial charge < -0.3 is 14.6 Å². The van der Waals surface area contributed by atoms with Crippen molar-refractivity contribution in [1.29, 1.82) is 0 Å². The maximum atomic E-state index is 11.8. The highest BCUT2D eigenvalue weighted by molar-refractivity contribution is 5.89. The van der Waals surface area contributed by atoms with Gasteiger partial charge in [0, 0.05) is 41.7 Å². The van der Waals surface area contributed by atoms with Gasteiger partial charge in [0.1, 0.15) is 12.1 Å². The maximum Gasteiger partial charge on any atom is 0.337 e. The highest BCUT2D eigenvalue weighted by Gasteiger charge is 2.49. The Balaban J connectivity index is 1.74. The largest absolute Gasteiger partial charge is 0.478 e. The van der Waals surface area contributed by atoms with E-state index in [-0.39, 0.29) is 12.1 Å². The number of quaternary nitrogens is 1.